The predicted molar refractivity (Wildman–Crippen MR) is 57.7 cm³/mol. The molecule has 1 aromatic rings. The first-order valence-electron chi connectivity index (χ1n) is 4.39. The van der Waals surface area contributed by atoms with Crippen molar-refractivity contribution in [1.82, 2.24) is 9.88 Å². The number of H-pyrrole nitrogens is 1. The number of aliphatic carboxylic acids is 1. The molecule has 82 valence electrons. The van der Waals surface area contributed by atoms with Crippen LogP contribution in [0.4, 0.5) is 0 Å². The zero-order valence-electron chi connectivity index (χ0n) is 8.16. The van der Waals surface area contributed by atoms with Crippen LogP contribution in [-0.2, 0) is 4.79 Å². The van der Waals surface area contributed by atoms with Crippen molar-refractivity contribution < 1.29 is 14.7 Å². The Morgan fingerprint density at radius 1 is 1.60 bits per heavy atom. The third-order valence-corrected chi connectivity index (χ3v) is 2.33. The van der Waals surface area contributed by atoms with E-state index in [1.165, 1.54) is 4.90 Å². The summed E-state index contributed by atoms with van der Waals surface area (Å²) in [5.74, 6) is -1.33. The van der Waals surface area contributed by atoms with Gasteiger partial charge in [-0.2, -0.15) is 0 Å². The smallest absolute Gasteiger partial charge is 0.323 e. The summed E-state index contributed by atoms with van der Waals surface area (Å²) in [5, 5.41) is 8.60. The summed E-state index contributed by atoms with van der Waals surface area (Å²) in [7, 11) is 0. The van der Waals surface area contributed by atoms with E-state index in [1.807, 2.05) is 0 Å². The molecule has 0 spiro atoms. The lowest BCUT2D eigenvalue weighted by atomic mass is 10.3. The summed E-state index contributed by atoms with van der Waals surface area (Å²) in [4.78, 5) is 26.2. The molecule has 2 N–H and O–H groups in total. The van der Waals surface area contributed by atoms with Crippen LogP contribution in [0.1, 0.15) is 17.4 Å². The minimum absolute atomic E-state index is 0.286. The summed E-state index contributed by atoms with van der Waals surface area (Å²) in [6.45, 7) is 1.81. The summed E-state index contributed by atoms with van der Waals surface area (Å²) in [6.07, 6.45) is 1.63. The lowest BCUT2D eigenvalue weighted by Gasteiger charge is -2.17. The van der Waals surface area contributed by atoms with E-state index >= 15 is 0 Å². The molecule has 0 aliphatic carbocycles. The van der Waals surface area contributed by atoms with Gasteiger partial charge in [-0.25, -0.2) is 0 Å². The number of hydrogen-bond donors (Lipinski definition) is 2. The number of halogens is 1. The number of carboxylic acid groups (broad SMARTS) is 1. The van der Waals surface area contributed by atoms with Crippen molar-refractivity contribution in [3.8, 4) is 0 Å². The average molecular weight is 275 g/mol. The highest BCUT2D eigenvalue weighted by molar-refractivity contribution is 9.10. The van der Waals surface area contributed by atoms with Gasteiger partial charge >= 0.3 is 5.97 Å². The van der Waals surface area contributed by atoms with Gasteiger partial charge in [-0.3, -0.25) is 9.59 Å². The largest absolute Gasteiger partial charge is 0.480 e. The molecule has 1 rings (SSSR count). The van der Waals surface area contributed by atoms with Gasteiger partial charge in [0.1, 0.15) is 12.2 Å². The zero-order chi connectivity index (χ0) is 11.4. The van der Waals surface area contributed by atoms with E-state index in [4.69, 9.17) is 5.11 Å². The number of amides is 1. The van der Waals surface area contributed by atoms with Crippen LogP contribution in [0.25, 0.3) is 0 Å². The van der Waals surface area contributed by atoms with Crippen LogP contribution in [0.2, 0.25) is 0 Å². The Kier molecular flexibility index (Phi) is 3.90. The van der Waals surface area contributed by atoms with E-state index in [0.717, 1.165) is 4.47 Å². The Morgan fingerprint density at radius 2 is 2.27 bits per heavy atom. The van der Waals surface area contributed by atoms with Gasteiger partial charge in [0.15, 0.2) is 0 Å². The SMILES string of the molecule is CCN(CC(=O)O)C(=O)c1cc(Br)c[nH]1. The fraction of sp³-hybridized carbons (Fsp3) is 0.333. The number of carbonyl (C=O) groups excluding carboxylic acids is 1. The van der Waals surface area contributed by atoms with Crippen LogP contribution in [0.3, 0.4) is 0 Å². The number of nitrogens with one attached hydrogen (secondary N) is 1. The van der Waals surface area contributed by atoms with Crippen molar-refractivity contribution in [2.75, 3.05) is 13.1 Å². The molecule has 15 heavy (non-hydrogen) atoms. The Balaban J connectivity index is 2.77. The molecule has 0 radical (unpaired) electrons. The summed E-state index contributed by atoms with van der Waals surface area (Å²) < 4.78 is 0.761. The van der Waals surface area contributed by atoms with Crippen LogP contribution in [-0.4, -0.2) is 40.0 Å². The molecule has 0 unspecified atom stereocenters. The van der Waals surface area contributed by atoms with E-state index < -0.39 is 5.97 Å². The fourth-order valence-electron chi connectivity index (χ4n) is 1.15. The highest BCUT2D eigenvalue weighted by atomic mass is 79.9. The summed E-state index contributed by atoms with van der Waals surface area (Å²) >= 11 is 3.20. The molecule has 1 aromatic heterocycles. The van der Waals surface area contributed by atoms with Crippen molar-refractivity contribution in [3.05, 3.63) is 22.4 Å². The molecule has 0 saturated carbocycles. The van der Waals surface area contributed by atoms with Gasteiger partial charge < -0.3 is 15.0 Å². The molecule has 6 heteroatoms. The first-order chi connectivity index (χ1) is 7.04. The van der Waals surface area contributed by atoms with E-state index in [1.54, 1.807) is 19.2 Å². The summed E-state index contributed by atoms with van der Waals surface area (Å²) in [5.41, 5.74) is 0.380. The number of likely N-dealkylation sites (N-methyl/N-ethyl adjacent to an activating group) is 1. The van der Waals surface area contributed by atoms with Gasteiger partial charge in [-0.1, -0.05) is 0 Å². The standard InChI is InChI=1S/C9H11BrN2O3/c1-2-12(5-8(13)14)9(15)7-3-6(10)4-11-7/h3-4,11H,2,5H2,1H3,(H,13,14). The Bertz CT molecular complexity index is 375. The second kappa shape index (κ2) is 4.97. The second-order valence-electron chi connectivity index (χ2n) is 2.94. The van der Waals surface area contributed by atoms with E-state index in [2.05, 4.69) is 20.9 Å². The molecular formula is C9H11BrN2O3. The zero-order valence-corrected chi connectivity index (χ0v) is 9.74. The van der Waals surface area contributed by atoms with E-state index in [-0.39, 0.29) is 12.5 Å². The second-order valence-corrected chi connectivity index (χ2v) is 3.86. The Morgan fingerprint density at radius 3 is 2.67 bits per heavy atom. The maximum atomic E-state index is 11.7. The van der Waals surface area contributed by atoms with E-state index in [9.17, 15) is 9.59 Å². The molecule has 0 aromatic carbocycles. The molecule has 0 aliphatic rings. The number of rotatable bonds is 4. The monoisotopic (exact) mass is 274 g/mol. The Hall–Kier alpha value is -1.30. The first-order valence-corrected chi connectivity index (χ1v) is 5.19. The first kappa shape index (κ1) is 11.8. The minimum Gasteiger partial charge on any atom is -0.480 e. The van der Waals surface area contributed by atoms with Crippen molar-refractivity contribution in [2.24, 2.45) is 0 Å². The third-order valence-electron chi connectivity index (χ3n) is 1.87. The van der Waals surface area contributed by atoms with Gasteiger partial charge in [0, 0.05) is 17.2 Å². The van der Waals surface area contributed by atoms with Gasteiger partial charge in [-0.15, -0.1) is 0 Å². The molecule has 0 fully saturated rings. The fourth-order valence-corrected chi connectivity index (χ4v) is 1.50. The normalized spacial score (nSPS) is 10.0. The highest BCUT2D eigenvalue weighted by Gasteiger charge is 2.17. The van der Waals surface area contributed by atoms with Crippen LogP contribution >= 0.6 is 15.9 Å². The lowest BCUT2D eigenvalue weighted by Crippen LogP contribution is -2.35. The van der Waals surface area contributed by atoms with Gasteiger partial charge in [0.05, 0.1) is 0 Å². The number of carbonyl (C=O) groups is 2. The van der Waals surface area contributed by atoms with Crippen LogP contribution in [0.15, 0.2) is 16.7 Å². The molecular weight excluding hydrogens is 264 g/mol. The molecule has 0 saturated heterocycles. The number of aromatic nitrogens is 1. The summed E-state index contributed by atoms with van der Waals surface area (Å²) in [6, 6.07) is 1.62. The number of hydrogen-bond acceptors (Lipinski definition) is 2. The van der Waals surface area contributed by atoms with Gasteiger partial charge in [-0.05, 0) is 28.9 Å². The van der Waals surface area contributed by atoms with Crippen LogP contribution < -0.4 is 0 Å². The molecule has 0 aliphatic heterocycles. The molecule has 0 atom stereocenters. The molecule has 1 amide bonds. The quantitative estimate of drug-likeness (QED) is 0.870. The minimum atomic E-state index is -1.02. The average Bonchev–Trinajstić information content (AvgIpc) is 2.60. The van der Waals surface area contributed by atoms with Crippen molar-refractivity contribution >= 4 is 27.8 Å². The lowest BCUT2D eigenvalue weighted by molar-refractivity contribution is -0.137. The number of carboxylic acids is 1. The van der Waals surface area contributed by atoms with Crippen molar-refractivity contribution in [1.29, 1.82) is 0 Å². The van der Waals surface area contributed by atoms with Crippen molar-refractivity contribution in [3.63, 3.8) is 0 Å². The molecule has 0 bridgehead atoms. The van der Waals surface area contributed by atoms with E-state index in [0.29, 0.717) is 12.2 Å². The molecule has 5 nitrogen and oxygen atoms in total. The van der Waals surface area contributed by atoms with Gasteiger partial charge in [0.2, 0.25) is 0 Å². The maximum absolute atomic E-state index is 11.7. The van der Waals surface area contributed by atoms with Crippen LogP contribution in [0, 0.1) is 0 Å². The maximum Gasteiger partial charge on any atom is 0.323 e. The van der Waals surface area contributed by atoms with Crippen molar-refractivity contribution in [2.45, 2.75) is 6.92 Å². The topological polar surface area (TPSA) is 73.4 Å². The third kappa shape index (κ3) is 3.09. The molecule has 1 heterocycles. The number of nitrogens with zero attached hydrogens (tertiary/aromatic N) is 1. The predicted octanol–water partition coefficient (Wildman–Crippen LogP) is 1.32. The van der Waals surface area contributed by atoms with Gasteiger partial charge in [0.25, 0.3) is 5.91 Å². The van der Waals surface area contributed by atoms with Crippen LogP contribution in [0.5, 0.6) is 0 Å². The highest BCUT2D eigenvalue weighted by Crippen LogP contribution is 2.12. The number of aromatic amines is 1. The Labute approximate surface area is 95.2 Å².